The molecule has 0 radical (unpaired) electrons. The molecule has 0 unspecified atom stereocenters. The van der Waals surface area contributed by atoms with Crippen LogP contribution < -0.4 is 16.4 Å². The normalized spacial score (nSPS) is 11.8. The highest BCUT2D eigenvalue weighted by Gasteiger charge is 2.25. The SMILES string of the molecule is CC(C)(CCNC(=O)NCC(C)(C)C(N)=O)CCC(=O)O. The molecule has 7 heteroatoms. The van der Waals surface area contributed by atoms with Crippen LogP contribution in [0.3, 0.4) is 0 Å². The molecule has 122 valence electrons. The first-order valence-corrected chi connectivity index (χ1v) is 7.00. The molecular weight excluding hydrogens is 274 g/mol. The zero-order chi connectivity index (χ0) is 16.7. The molecule has 0 aliphatic rings. The van der Waals surface area contributed by atoms with Gasteiger partial charge >= 0.3 is 12.0 Å². The molecule has 0 saturated heterocycles. The number of hydrogen-bond donors (Lipinski definition) is 4. The molecule has 0 rings (SSSR count). The lowest BCUT2D eigenvalue weighted by Gasteiger charge is -2.24. The molecular formula is C14H27N3O4. The van der Waals surface area contributed by atoms with Crippen LogP contribution in [0, 0.1) is 10.8 Å². The second-order valence-corrected chi connectivity index (χ2v) is 6.67. The van der Waals surface area contributed by atoms with E-state index in [0.717, 1.165) is 0 Å². The summed E-state index contributed by atoms with van der Waals surface area (Å²) >= 11 is 0. The predicted molar refractivity (Wildman–Crippen MR) is 79.6 cm³/mol. The fraction of sp³-hybridized carbons (Fsp3) is 0.786. The van der Waals surface area contributed by atoms with Crippen molar-refractivity contribution >= 4 is 17.9 Å². The van der Waals surface area contributed by atoms with Gasteiger partial charge in [-0.05, 0) is 32.1 Å². The average molecular weight is 301 g/mol. The van der Waals surface area contributed by atoms with Crippen molar-refractivity contribution in [2.45, 2.75) is 47.0 Å². The lowest BCUT2D eigenvalue weighted by molar-refractivity contribution is -0.137. The predicted octanol–water partition coefficient (Wildman–Crippen LogP) is 1.08. The minimum Gasteiger partial charge on any atom is -0.481 e. The van der Waals surface area contributed by atoms with Crippen LogP contribution in [-0.2, 0) is 9.59 Å². The van der Waals surface area contributed by atoms with Crippen molar-refractivity contribution in [1.82, 2.24) is 10.6 Å². The number of carbonyl (C=O) groups is 3. The van der Waals surface area contributed by atoms with Gasteiger partial charge in [-0.2, -0.15) is 0 Å². The van der Waals surface area contributed by atoms with E-state index in [9.17, 15) is 14.4 Å². The Hall–Kier alpha value is -1.79. The van der Waals surface area contributed by atoms with Gasteiger partial charge in [0, 0.05) is 19.5 Å². The molecule has 0 heterocycles. The summed E-state index contributed by atoms with van der Waals surface area (Å²) in [5.41, 5.74) is 4.26. The number of urea groups is 1. The number of amides is 3. The third-order valence-corrected chi connectivity index (χ3v) is 3.46. The molecule has 0 aliphatic carbocycles. The van der Waals surface area contributed by atoms with Gasteiger partial charge in [-0.25, -0.2) is 4.79 Å². The molecule has 0 spiro atoms. The van der Waals surface area contributed by atoms with Crippen LogP contribution in [0.2, 0.25) is 0 Å². The fourth-order valence-corrected chi connectivity index (χ4v) is 1.54. The summed E-state index contributed by atoms with van der Waals surface area (Å²) in [6, 6.07) is -0.363. The van der Waals surface area contributed by atoms with E-state index in [1.54, 1.807) is 13.8 Å². The number of carboxylic acids is 1. The quantitative estimate of drug-likeness (QED) is 0.509. The number of rotatable bonds is 9. The topological polar surface area (TPSA) is 122 Å². The van der Waals surface area contributed by atoms with Gasteiger partial charge in [0.1, 0.15) is 0 Å². The minimum atomic E-state index is -0.817. The van der Waals surface area contributed by atoms with Crippen molar-refractivity contribution in [2.24, 2.45) is 16.6 Å². The standard InChI is InChI=1S/C14H27N3O4/c1-13(2,6-5-10(18)19)7-8-16-12(21)17-9-14(3,4)11(15)20/h5-9H2,1-4H3,(H2,15,20)(H,18,19)(H2,16,17,21). The first-order valence-electron chi connectivity index (χ1n) is 7.00. The number of nitrogens with two attached hydrogens (primary N) is 1. The van der Waals surface area contributed by atoms with E-state index in [-0.39, 0.29) is 24.4 Å². The highest BCUT2D eigenvalue weighted by atomic mass is 16.4. The summed E-state index contributed by atoms with van der Waals surface area (Å²) in [4.78, 5) is 33.2. The van der Waals surface area contributed by atoms with Gasteiger partial charge in [0.25, 0.3) is 0 Å². The number of aliphatic carboxylic acids is 1. The molecule has 0 aromatic carbocycles. The van der Waals surface area contributed by atoms with Crippen LogP contribution in [0.25, 0.3) is 0 Å². The van der Waals surface area contributed by atoms with Gasteiger partial charge in [-0.1, -0.05) is 13.8 Å². The van der Waals surface area contributed by atoms with Gasteiger partial charge in [0.05, 0.1) is 5.41 Å². The Kier molecular flexibility index (Phi) is 7.18. The first kappa shape index (κ1) is 19.2. The van der Waals surface area contributed by atoms with E-state index in [1.807, 2.05) is 13.8 Å². The Labute approximate surface area is 125 Å². The Morgan fingerprint density at radius 3 is 2.10 bits per heavy atom. The van der Waals surface area contributed by atoms with Crippen molar-refractivity contribution in [3.8, 4) is 0 Å². The van der Waals surface area contributed by atoms with Crippen molar-refractivity contribution in [2.75, 3.05) is 13.1 Å². The molecule has 0 atom stereocenters. The Morgan fingerprint density at radius 2 is 1.62 bits per heavy atom. The van der Waals surface area contributed by atoms with Crippen LogP contribution in [-0.4, -0.2) is 36.1 Å². The molecule has 0 bridgehead atoms. The molecule has 0 aromatic rings. The van der Waals surface area contributed by atoms with Crippen molar-refractivity contribution < 1.29 is 19.5 Å². The summed E-state index contributed by atoms with van der Waals surface area (Å²) in [5.74, 6) is -1.29. The molecule has 0 aromatic heterocycles. The Morgan fingerprint density at radius 1 is 1.05 bits per heavy atom. The lowest BCUT2D eigenvalue weighted by atomic mass is 9.84. The van der Waals surface area contributed by atoms with Gasteiger partial charge in [0.15, 0.2) is 0 Å². The van der Waals surface area contributed by atoms with Crippen LogP contribution >= 0.6 is 0 Å². The van der Waals surface area contributed by atoms with Crippen molar-refractivity contribution in [1.29, 1.82) is 0 Å². The van der Waals surface area contributed by atoms with Gasteiger partial charge in [-0.15, -0.1) is 0 Å². The minimum absolute atomic E-state index is 0.117. The first-order chi connectivity index (χ1) is 9.46. The number of carbonyl (C=O) groups excluding carboxylic acids is 2. The highest BCUT2D eigenvalue weighted by Crippen LogP contribution is 2.25. The highest BCUT2D eigenvalue weighted by molar-refractivity contribution is 5.81. The van der Waals surface area contributed by atoms with E-state index >= 15 is 0 Å². The van der Waals surface area contributed by atoms with E-state index in [0.29, 0.717) is 19.4 Å². The maximum absolute atomic E-state index is 11.6. The smallest absolute Gasteiger partial charge is 0.314 e. The third kappa shape index (κ3) is 8.88. The summed E-state index contributed by atoms with van der Waals surface area (Å²) in [6.07, 6.45) is 1.35. The number of nitrogens with one attached hydrogen (secondary N) is 2. The fourth-order valence-electron chi connectivity index (χ4n) is 1.54. The second-order valence-electron chi connectivity index (χ2n) is 6.67. The van der Waals surface area contributed by atoms with E-state index in [4.69, 9.17) is 10.8 Å². The lowest BCUT2D eigenvalue weighted by Crippen LogP contribution is -2.46. The second kappa shape index (κ2) is 7.85. The average Bonchev–Trinajstić information content (AvgIpc) is 2.34. The molecule has 0 aliphatic heterocycles. The number of carboxylic acid groups (broad SMARTS) is 1. The monoisotopic (exact) mass is 301 g/mol. The molecule has 21 heavy (non-hydrogen) atoms. The van der Waals surface area contributed by atoms with E-state index in [1.165, 1.54) is 0 Å². The molecule has 3 amide bonds. The molecule has 5 N–H and O–H groups in total. The maximum atomic E-state index is 11.6. The van der Waals surface area contributed by atoms with Crippen LogP contribution in [0.1, 0.15) is 47.0 Å². The van der Waals surface area contributed by atoms with Crippen LogP contribution in [0.4, 0.5) is 4.79 Å². The van der Waals surface area contributed by atoms with Crippen molar-refractivity contribution in [3.63, 3.8) is 0 Å². The molecule has 0 saturated carbocycles. The Bertz CT molecular complexity index is 392. The zero-order valence-electron chi connectivity index (χ0n) is 13.3. The Balaban J connectivity index is 3.99. The summed E-state index contributed by atoms with van der Waals surface area (Å²) < 4.78 is 0. The van der Waals surface area contributed by atoms with E-state index in [2.05, 4.69) is 10.6 Å². The van der Waals surface area contributed by atoms with Gasteiger partial charge < -0.3 is 21.5 Å². The van der Waals surface area contributed by atoms with Crippen molar-refractivity contribution in [3.05, 3.63) is 0 Å². The van der Waals surface area contributed by atoms with Crippen LogP contribution in [0.15, 0.2) is 0 Å². The largest absolute Gasteiger partial charge is 0.481 e. The summed E-state index contributed by atoms with van der Waals surface area (Å²) in [5, 5.41) is 13.9. The molecule has 0 fully saturated rings. The summed E-state index contributed by atoms with van der Waals surface area (Å²) in [7, 11) is 0. The number of primary amides is 1. The maximum Gasteiger partial charge on any atom is 0.314 e. The number of hydrogen-bond acceptors (Lipinski definition) is 3. The van der Waals surface area contributed by atoms with Gasteiger partial charge in [-0.3, -0.25) is 9.59 Å². The van der Waals surface area contributed by atoms with Gasteiger partial charge in [0.2, 0.25) is 5.91 Å². The third-order valence-electron chi connectivity index (χ3n) is 3.46. The van der Waals surface area contributed by atoms with E-state index < -0.39 is 17.3 Å². The zero-order valence-corrected chi connectivity index (χ0v) is 13.3. The molecule has 7 nitrogen and oxygen atoms in total. The van der Waals surface area contributed by atoms with Crippen LogP contribution in [0.5, 0.6) is 0 Å². The summed E-state index contributed by atoms with van der Waals surface area (Å²) in [6.45, 7) is 7.85.